The van der Waals surface area contributed by atoms with Crippen LogP contribution in [0.4, 0.5) is 0 Å². The van der Waals surface area contributed by atoms with Crippen molar-refractivity contribution in [1.82, 2.24) is 20.2 Å². The van der Waals surface area contributed by atoms with Crippen molar-refractivity contribution in [1.29, 1.82) is 0 Å². The number of pyridine rings is 1. The first-order valence-electron chi connectivity index (χ1n) is 8.55. The molecular weight excluding hydrogens is 320 g/mol. The Kier molecular flexibility index (Phi) is 4.33. The lowest BCUT2D eigenvalue weighted by Gasteiger charge is -2.29. The Morgan fingerprint density at radius 3 is 3.04 bits per heavy atom. The van der Waals surface area contributed by atoms with Gasteiger partial charge in [0, 0.05) is 49.9 Å². The van der Waals surface area contributed by atoms with Crippen LogP contribution in [0.25, 0.3) is 0 Å². The van der Waals surface area contributed by atoms with Gasteiger partial charge in [-0.05, 0) is 42.9 Å². The lowest BCUT2D eigenvalue weighted by molar-refractivity contribution is -0.122. The van der Waals surface area contributed by atoms with E-state index in [0.29, 0.717) is 6.54 Å². The lowest BCUT2D eigenvalue weighted by Crippen LogP contribution is -2.32. The van der Waals surface area contributed by atoms with Gasteiger partial charge in [0.25, 0.3) is 0 Å². The Morgan fingerprint density at radius 2 is 2.29 bits per heavy atom. The molecule has 5 nitrogen and oxygen atoms in total. The number of amides is 1. The van der Waals surface area contributed by atoms with Crippen LogP contribution in [-0.2, 0) is 30.8 Å². The quantitative estimate of drug-likeness (QED) is 0.907. The van der Waals surface area contributed by atoms with Crippen LogP contribution in [0.1, 0.15) is 40.2 Å². The first-order valence-corrected chi connectivity index (χ1v) is 9.42. The molecule has 0 radical (unpaired) electrons. The summed E-state index contributed by atoms with van der Waals surface area (Å²) in [4.78, 5) is 23.2. The second-order valence-corrected chi connectivity index (χ2v) is 7.81. The fourth-order valence-electron chi connectivity index (χ4n) is 3.30. The maximum Gasteiger partial charge on any atom is 0.223 e. The smallest absolute Gasteiger partial charge is 0.223 e. The lowest BCUT2D eigenvalue weighted by atomic mass is 9.97. The summed E-state index contributed by atoms with van der Waals surface area (Å²) in [5.41, 5.74) is 4.98. The van der Waals surface area contributed by atoms with Gasteiger partial charge < -0.3 is 5.32 Å². The van der Waals surface area contributed by atoms with Crippen molar-refractivity contribution >= 4 is 17.2 Å². The Labute approximate surface area is 146 Å². The normalized spacial score (nSPS) is 17.5. The molecule has 0 atom stereocenters. The Bertz CT molecular complexity index is 753. The molecule has 126 valence electrons. The molecule has 1 aliphatic heterocycles. The average molecular weight is 342 g/mol. The molecule has 0 aromatic carbocycles. The molecule has 0 bridgehead atoms. The van der Waals surface area contributed by atoms with Gasteiger partial charge >= 0.3 is 0 Å². The van der Waals surface area contributed by atoms with E-state index >= 15 is 0 Å². The molecule has 0 unspecified atom stereocenters. The van der Waals surface area contributed by atoms with Crippen molar-refractivity contribution in [3.05, 3.63) is 45.2 Å². The van der Waals surface area contributed by atoms with Crippen LogP contribution in [0.3, 0.4) is 0 Å². The van der Waals surface area contributed by atoms with Gasteiger partial charge in [-0.25, -0.2) is 4.98 Å². The summed E-state index contributed by atoms with van der Waals surface area (Å²) in [6, 6.07) is 0. The largest absolute Gasteiger partial charge is 0.352 e. The molecule has 24 heavy (non-hydrogen) atoms. The Hall–Kier alpha value is -1.79. The van der Waals surface area contributed by atoms with E-state index in [9.17, 15) is 4.79 Å². The summed E-state index contributed by atoms with van der Waals surface area (Å²) >= 11 is 1.71. The zero-order valence-electron chi connectivity index (χ0n) is 13.9. The molecule has 4 rings (SSSR count). The summed E-state index contributed by atoms with van der Waals surface area (Å²) in [6.45, 7) is 5.48. The third kappa shape index (κ3) is 3.49. The number of carbonyl (C=O) groups is 1. The number of nitrogens with zero attached hydrogens (tertiary/aromatic N) is 3. The van der Waals surface area contributed by atoms with Gasteiger partial charge in [-0.2, -0.15) is 0 Å². The SMILES string of the molecule is Cc1nc(CN2CCc3c(CNC(=O)C4CC4)cncc3C2)cs1. The van der Waals surface area contributed by atoms with Gasteiger partial charge in [-0.1, -0.05) is 0 Å². The van der Waals surface area contributed by atoms with Crippen LogP contribution in [0.2, 0.25) is 0 Å². The fraction of sp³-hybridized carbons (Fsp3) is 0.500. The van der Waals surface area contributed by atoms with E-state index in [0.717, 1.165) is 49.6 Å². The average Bonchev–Trinajstić information content (AvgIpc) is 3.36. The molecule has 3 heterocycles. The van der Waals surface area contributed by atoms with Crippen molar-refractivity contribution in [2.24, 2.45) is 5.92 Å². The minimum atomic E-state index is 0.198. The predicted octanol–water partition coefficient (Wildman–Crippen LogP) is 2.43. The maximum absolute atomic E-state index is 11.9. The van der Waals surface area contributed by atoms with Crippen molar-refractivity contribution in [3.63, 3.8) is 0 Å². The van der Waals surface area contributed by atoms with Crippen LogP contribution in [0.15, 0.2) is 17.8 Å². The highest BCUT2D eigenvalue weighted by molar-refractivity contribution is 7.09. The number of carbonyl (C=O) groups excluding carboxylic acids is 1. The number of hydrogen-bond acceptors (Lipinski definition) is 5. The summed E-state index contributed by atoms with van der Waals surface area (Å²) in [5.74, 6) is 0.457. The summed E-state index contributed by atoms with van der Waals surface area (Å²) in [6.07, 6.45) is 6.98. The monoisotopic (exact) mass is 342 g/mol. The van der Waals surface area contributed by atoms with Gasteiger partial charge in [0.2, 0.25) is 5.91 Å². The van der Waals surface area contributed by atoms with Crippen molar-refractivity contribution in [2.45, 2.75) is 45.8 Å². The number of nitrogens with one attached hydrogen (secondary N) is 1. The van der Waals surface area contributed by atoms with E-state index in [1.165, 1.54) is 16.7 Å². The summed E-state index contributed by atoms with van der Waals surface area (Å²) in [7, 11) is 0. The number of fused-ring (bicyclic) bond motifs is 1. The van der Waals surface area contributed by atoms with Crippen molar-refractivity contribution in [3.8, 4) is 0 Å². The van der Waals surface area contributed by atoms with Gasteiger partial charge in [0.1, 0.15) is 0 Å². The number of thiazole rings is 1. The number of aryl methyl sites for hydroxylation is 1. The molecule has 2 aromatic rings. The van der Waals surface area contributed by atoms with Gasteiger partial charge in [0.15, 0.2) is 0 Å². The number of hydrogen-bond donors (Lipinski definition) is 1. The van der Waals surface area contributed by atoms with Gasteiger partial charge in [0.05, 0.1) is 10.7 Å². The first-order chi connectivity index (χ1) is 11.7. The molecule has 1 saturated carbocycles. The minimum Gasteiger partial charge on any atom is -0.352 e. The van der Waals surface area contributed by atoms with Crippen LogP contribution in [-0.4, -0.2) is 27.3 Å². The molecule has 6 heteroatoms. The second-order valence-electron chi connectivity index (χ2n) is 6.75. The van der Waals surface area contributed by atoms with Crippen molar-refractivity contribution in [2.75, 3.05) is 6.54 Å². The van der Waals surface area contributed by atoms with E-state index in [1.807, 2.05) is 19.3 Å². The van der Waals surface area contributed by atoms with Gasteiger partial charge in [-0.3, -0.25) is 14.7 Å². The number of aromatic nitrogens is 2. The van der Waals surface area contributed by atoms with E-state index in [1.54, 1.807) is 11.3 Å². The Morgan fingerprint density at radius 1 is 1.42 bits per heavy atom. The predicted molar refractivity (Wildman–Crippen MR) is 93.5 cm³/mol. The molecule has 2 aliphatic rings. The second kappa shape index (κ2) is 6.61. The molecular formula is C18H22N4OS. The van der Waals surface area contributed by atoms with Gasteiger partial charge in [-0.15, -0.1) is 11.3 Å². The maximum atomic E-state index is 11.9. The van der Waals surface area contributed by atoms with Crippen LogP contribution in [0, 0.1) is 12.8 Å². The van der Waals surface area contributed by atoms with Crippen molar-refractivity contribution < 1.29 is 4.79 Å². The third-order valence-electron chi connectivity index (χ3n) is 4.76. The standard InChI is InChI=1S/C18H22N4OS/c1-12-21-16(11-24-12)10-22-5-4-17-14(6-19-7-15(17)9-22)8-20-18(23)13-2-3-13/h6-7,11,13H,2-5,8-10H2,1H3,(H,20,23). The van der Waals surface area contributed by atoms with E-state index in [2.05, 4.69) is 25.6 Å². The minimum absolute atomic E-state index is 0.198. The van der Waals surface area contributed by atoms with Crippen LogP contribution >= 0.6 is 11.3 Å². The zero-order valence-corrected chi connectivity index (χ0v) is 14.7. The molecule has 0 saturated heterocycles. The Balaban J connectivity index is 1.42. The number of rotatable bonds is 5. The molecule has 0 spiro atoms. The van der Waals surface area contributed by atoms with Crippen LogP contribution in [0.5, 0.6) is 0 Å². The zero-order chi connectivity index (χ0) is 16.5. The summed E-state index contributed by atoms with van der Waals surface area (Å²) < 4.78 is 0. The topological polar surface area (TPSA) is 58.1 Å². The molecule has 2 aromatic heterocycles. The first kappa shape index (κ1) is 15.7. The highest BCUT2D eigenvalue weighted by Gasteiger charge is 2.29. The molecule has 1 amide bonds. The van der Waals surface area contributed by atoms with E-state index in [4.69, 9.17) is 0 Å². The van der Waals surface area contributed by atoms with E-state index < -0.39 is 0 Å². The fourth-order valence-corrected chi connectivity index (χ4v) is 3.90. The highest BCUT2D eigenvalue weighted by Crippen LogP contribution is 2.29. The molecule has 1 fully saturated rings. The molecule has 1 aliphatic carbocycles. The van der Waals surface area contributed by atoms with E-state index in [-0.39, 0.29) is 11.8 Å². The third-order valence-corrected chi connectivity index (χ3v) is 5.58. The highest BCUT2D eigenvalue weighted by atomic mass is 32.1. The summed E-state index contributed by atoms with van der Waals surface area (Å²) in [5, 5.41) is 6.33. The van der Waals surface area contributed by atoms with Crippen LogP contribution < -0.4 is 5.32 Å². The molecule has 1 N–H and O–H groups in total.